The maximum absolute atomic E-state index is 12.8. The molecule has 0 radical (unpaired) electrons. The standard InChI is InChI=1S/C16H11Br3N4O2S/c1-2-26-16-21-15(24)12-8-5-7(17)3-4-10(8)20-14(23(12)22-16)11-6-9(18)13(19)25-11/h3-6,14H,2H2,1H3,(H,21,22,24). The van der Waals surface area contributed by atoms with Gasteiger partial charge in [-0.15, -0.1) is 5.10 Å². The number of halogens is 3. The third-order valence-electron chi connectivity index (χ3n) is 3.77. The number of hydrogen-bond donors (Lipinski definition) is 1. The molecule has 1 aromatic heterocycles. The number of carbonyl (C=O) groups is 1. The second-order valence-corrected chi connectivity index (χ2v) is 9.16. The van der Waals surface area contributed by atoms with Crippen LogP contribution in [0.3, 0.4) is 0 Å². The van der Waals surface area contributed by atoms with Gasteiger partial charge in [-0.25, -0.2) is 10.0 Å². The van der Waals surface area contributed by atoms with Gasteiger partial charge in [-0.05, 0) is 61.9 Å². The number of carbonyl (C=O) groups excluding carboxylic acids is 1. The van der Waals surface area contributed by atoms with Gasteiger partial charge in [0.25, 0.3) is 5.91 Å². The van der Waals surface area contributed by atoms with E-state index in [1.807, 2.05) is 31.2 Å². The van der Waals surface area contributed by atoms with Crippen molar-refractivity contribution in [2.45, 2.75) is 13.1 Å². The van der Waals surface area contributed by atoms with Crippen molar-refractivity contribution >= 4 is 76.3 Å². The van der Waals surface area contributed by atoms with E-state index in [4.69, 9.17) is 9.41 Å². The monoisotopic (exact) mass is 560 g/mol. The number of amides is 1. The first-order valence-corrected chi connectivity index (χ1v) is 11.0. The highest BCUT2D eigenvalue weighted by molar-refractivity contribution is 9.13. The van der Waals surface area contributed by atoms with E-state index in [-0.39, 0.29) is 5.91 Å². The van der Waals surface area contributed by atoms with Gasteiger partial charge in [-0.2, -0.15) is 0 Å². The Morgan fingerprint density at radius 2 is 2.12 bits per heavy atom. The highest BCUT2D eigenvalue weighted by atomic mass is 79.9. The minimum absolute atomic E-state index is 0.208. The Morgan fingerprint density at radius 3 is 2.81 bits per heavy atom. The summed E-state index contributed by atoms with van der Waals surface area (Å²) in [7, 11) is 0. The Bertz CT molecular complexity index is 1050. The number of fused-ring (bicyclic) bond motifs is 2. The third kappa shape index (κ3) is 3.17. The Hall–Kier alpha value is -1.10. The van der Waals surface area contributed by atoms with Gasteiger partial charge < -0.3 is 4.42 Å². The first-order chi connectivity index (χ1) is 12.5. The Kier molecular flexibility index (Phi) is 5.02. The van der Waals surface area contributed by atoms with Crippen molar-refractivity contribution < 1.29 is 9.21 Å². The topological polar surface area (TPSA) is 70.2 Å². The molecule has 0 bridgehead atoms. The lowest BCUT2D eigenvalue weighted by Crippen LogP contribution is -2.50. The summed E-state index contributed by atoms with van der Waals surface area (Å²) in [5, 5.41) is 11.1. The van der Waals surface area contributed by atoms with Crippen LogP contribution >= 0.6 is 59.6 Å². The molecule has 0 saturated heterocycles. The van der Waals surface area contributed by atoms with Gasteiger partial charge >= 0.3 is 0 Å². The molecule has 3 heterocycles. The molecular formula is C16H11Br3N4O2S. The molecule has 0 spiro atoms. The van der Waals surface area contributed by atoms with Crippen molar-refractivity contribution in [1.82, 2.24) is 10.3 Å². The minimum Gasteiger partial charge on any atom is -0.449 e. The molecule has 0 fully saturated rings. The summed E-state index contributed by atoms with van der Waals surface area (Å²) in [5.41, 5.74) is 0.449. The number of hydrogen-bond acceptors (Lipinski definition) is 6. The van der Waals surface area contributed by atoms with Gasteiger partial charge in [0.15, 0.2) is 15.6 Å². The predicted molar refractivity (Wildman–Crippen MR) is 111 cm³/mol. The maximum atomic E-state index is 12.8. The summed E-state index contributed by atoms with van der Waals surface area (Å²) in [5.74, 6) is 1.17. The molecule has 2 aliphatic rings. The van der Waals surface area contributed by atoms with E-state index >= 15 is 0 Å². The average Bonchev–Trinajstić information content (AvgIpc) is 2.93. The maximum Gasteiger partial charge on any atom is 0.276 e. The van der Waals surface area contributed by atoms with Gasteiger partial charge in [0.1, 0.15) is 5.70 Å². The summed E-state index contributed by atoms with van der Waals surface area (Å²) < 4.78 is 7.99. The largest absolute Gasteiger partial charge is 0.449 e. The summed E-state index contributed by atoms with van der Waals surface area (Å²) in [6.45, 7) is 2.00. The number of thioether (sulfide) groups is 1. The second kappa shape index (κ2) is 7.14. The van der Waals surface area contributed by atoms with Crippen LogP contribution in [0.25, 0.3) is 5.70 Å². The van der Waals surface area contributed by atoms with Gasteiger partial charge in [-0.1, -0.05) is 34.6 Å². The van der Waals surface area contributed by atoms with E-state index in [0.29, 0.717) is 26.7 Å². The summed E-state index contributed by atoms with van der Waals surface area (Å²) in [4.78, 5) is 17.6. The van der Waals surface area contributed by atoms with Crippen molar-refractivity contribution in [1.29, 1.82) is 0 Å². The average molecular weight is 563 g/mol. The number of benzene rings is 1. The van der Waals surface area contributed by atoms with Crippen LogP contribution in [0.1, 0.15) is 18.8 Å². The fraction of sp³-hybridized carbons (Fsp3) is 0.188. The van der Waals surface area contributed by atoms with Gasteiger partial charge in [0, 0.05) is 9.69 Å². The summed E-state index contributed by atoms with van der Waals surface area (Å²) >= 11 is 11.7. The predicted octanol–water partition coefficient (Wildman–Crippen LogP) is 3.46. The van der Waals surface area contributed by atoms with Crippen molar-refractivity contribution in [3.8, 4) is 0 Å². The van der Waals surface area contributed by atoms with Crippen molar-refractivity contribution in [2.24, 2.45) is 10.1 Å². The van der Waals surface area contributed by atoms with Crippen LogP contribution < -0.4 is 15.9 Å². The molecule has 4 rings (SSSR count). The van der Waals surface area contributed by atoms with E-state index in [1.165, 1.54) is 11.8 Å². The molecule has 1 unspecified atom stereocenters. The zero-order valence-corrected chi connectivity index (χ0v) is 18.9. The molecule has 6 nitrogen and oxygen atoms in total. The number of nitrogens with zero attached hydrogens (tertiary/aromatic N) is 3. The lowest BCUT2D eigenvalue weighted by atomic mass is 10.1. The highest BCUT2D eigenvalue weighted by Crippen LogP contribution is 2.36. The Labute approximate surface area is 178 Å². The van der Waals surface area contributed by atoms with Gasteiger partial charge in [0.2, 0.25) is 6.17 Å². The number of rotatable bonds is 2. The van der Waals surface area contributed by atoms with Crippen molar-refractivity contribution in [3.05, 3.63) is 54.2 Å². The molecule has 134 valence electrons. The van der Waals surface area contributed by atoms with Crippen LogP contribution in [-0.4, -0.2) is 21.8 Å². The minimum atomic E-state index is -0.570. The summed E-state index contributed by atoms with van der Waals surface area (Å²) in [6.07, 6.45) is -0.570. The molecule has 0 aliphatic carbocycles. The van der Waals surface area contributed by atoms with E-state index in [9.17, 15) is 4.79 Å². The van der Waals surface area contributed by atoms with Crippen LogP contribution in [0.5, 0.6) is 0 Å². The molecule has 26 heavy (non-hydrogen) atoms. The molecule has 2 aromatic rings. The third-order valence-corrected chi connectivity index (χ3v) is 6.72. The number of amidine groups is 1. The van der Waals surface area contributed by atoms with Crippen molar-refractivity contribution in [2.75, 3.05) is 5.75 Å². The number of hydrazone groups is 1. The SMILES string of the molecule is CCSC1=NN2C(=c3cc(Br)ccc3=NC2c2cc(Br)c(Br)o2)C(=O)N1. The van der Waals surface area contributed by atoms with Gasteiger partial charge in [0.05, 0.1) is 9.83 Å². The Morgan fingerprint density at radius 1 is 1.31 bits per heavy atom. The summed E-state index contributed by atoms with van der Waals surface area (Å²) in [6, 6.07) is 7.47. The van der Waals surface area contributed by atoms with Gasteiger partial charge in [-0.3, -0.25) is 10.1 Å². The molecule has 1 aromatic carbocycles. The van der Waals surface area contributed by atoms with E-state index in [2.05, 4.69) is 58.2 Å². The van der Waals surface area contributed by atoms with Crippen LogP contribution in [0, 0.1) is 0 Å². The smallest absolute Gasteiger partial charge is 0.276 e. The van der Waals surface area contributed by atoms with E-state index in [0.717, 1.165) is 19.9 Å². The molecule has 10 heteroatoms. The van der Waals surface area contributed by atoms with Crippen LogP contribution in [0.15, 0.2) is 52.4 Å². The molecular weight excluding hydrogens is 552 g/mol. The highest BCUT2D eigenvalue weighted by Gasteiger charge is 2.36. The Balaban J connectivity index is 1.97. The lowest BCUT2D eigenvalue weighted by molar-refractivity contribution is -0.116. The van der Waals surface area contributed by atoms with Crippen LogP contribution in [0.4, 0.5) is 0 Å². The molecule has 1 atom stereocenters. The van der Waals surface area contributed by atoms with Crippen LogP contribution in [0.2, 0.25) is 0 Å². The lowest BCUT2D eigenvalue weighted by Gasteiger charge is -2.32. The zero-order chi connectivity index (χ0) is 18.4. The molecule has 2 aliphatic heterocycles. The molecule has 1 N–H and O–H groups in total. The second-order valence-electron chi connectivity index (χ2n) is 5.42. The first-order valence-electron chi connectivity index (χ1n) is 7.62. The van der Waals surface area contributed by atoms with Crippen LogP contribution in [-0.2, 0) is 4.79 Å². The molecule has 1 amide bonds. The zero-order valence-electron chi connectivity index (χ0n) is 13.3. The van der Waals surface area contributed by atoms with E-state index in [1.54, 1.807) is 5.01 Å². The number of furan rings is 1. The quantitative estimate of drug-likeness (QED) is 0.609. The fourth-order valence-electron chi connectivity index (χ4n) is 2.73. The van der Waals surface area contributed by atoms with Crippen molar-refractivity contribution in [3.63, 3.8) is 0 Å². The normalized spacial score (nSPS) is 18.7. The number of nitrogens with one attached hydrogen (secondary N) is 1. The molecule has 0 saturated carbocycles. The fourth-order valence-corrected chi connectivity index (χ4v) is 4.28. The first kappa shape index (κ1) is 18.3. The van der Waals surface area contributed by atoms with E-state index < -0.39 is 6.17 Å².